The van der Waals surface area contributed by atoms with Gasteiger partial charge in [-0.2, -0.15) is 0 Å². The molecule has 140 valence electrons. The van der Waals surface area contributed by atoms with Gasteiger partial charge in [-0.3, -0.25) is 4.90 Å². The summed E-state index contributed by atoms with van der Waals surface area (Å²) >= 11 is 0. The van der Waals surface area contributed by atoms with Crippen molar-refractivity contribution in [2.24, 2.45) is 0 Å². The van der Waals surface area contributed by atoms with E-state index in [-0.39, 0.29) is 11.8 Å². The van der Waals surface area contributed by atoms with Crippen LogP contribution >= 0.6 is 0 Å². The number of nitrogens with zero attached hydrogens (tertiary/aromatic N) is 1. The van der Waals surface area contributed by atoms with Crippen LogP contribution in [0.15, 0.2) is 77.7 Å². The SMILES string of the molecule is CC(c1ccc2ccccc2c1)N(CCS(=O)(=O)c1ccccc1)C1CC1. The molecule has 1 atom stereocenters. The third-order valence-electron chi connectivity index (χ3n) is 5.49. The van der Waals surface area contributed by atoms with E-state index in [2.05, 4.69) is 54.3 Å². The molecule has 1 fully saturated rings. The fraction of sp³-hybridized carbons (Fsp3) is 0.304. The summed E-state index contributed by atoms with van der Waals surface area (Å²) in [5, 5.41) is 2.47. The molecule has 1 aliphatic carbocycles. The van der Waals surface area contributed by atoms with Crippen molar-refractivity contribution >= 4 is 20.6 Å². The van der Waals surface area contributed by atoms with Gasteiger partial charge in [0.15, 0.2) is 9.84 Å². The van der Waals surface area contributed by atoms with Crippen LogP contribution in [0.1, 0.15) is 31.4 Å². The molecule has 1 unspecified atom stereocenters. The van der Waals surface area contributed by atoms with Crippen molar-refractivity contribution in [2.75, 3.05) is 12.3 Å². The molecular weight excluding hydrogens is 354 g/mol. The molecule has 0 heterocycles. The molecule has 3 aromatic carbocycles. The van der Waals surface area contributed by atoms with Gasteiger partial charge in [-0.25, -0.2) is 8.42 Å². The van der Waals surface area contributed by atoms with E-state index in [9.17, 15) is 8.42 Å². The molecular formula is C23H25NO2S. The minimum atomic E-state index is -3.25. The normalized spacial score (nSPS) is 15.9. The van der Waals surface area contributed by atoms with E-state index >= 15 is 0 Å². The molecule has 0 amide bonds. The second-order valence-electron chi connectivity index (χ2n) is 7.38. The smallest absolute Gasteiger partial charge is 0.179 e. The van der Waals surface area contributed by atoms with Crippen LogP contribution < -0.4 is 0 Å². The van der Waals surface area contributed by atoms with Crippen molar-refractivity contribution in [3.05, 3.63) is 78.4 Å². The molecule has 0 N–H and O–H groups in total. The van der Waals surface area contributed by atoms with Gasteiger partial charge in [0, 0.05) is 18.6 Å². The van der Waals surface area contributed by atoms with E-state index in [0.29, 0.717) is 17.5 Å². The molecule has 0 radical (unpaired) electrons. The monoisotopic (exact) mass is 379 g/mol. The van der Waals surface area contributed by atoms with Gasteiger partial charge in [0.05, 0.1) is 10.6 Å². The number of sulfone groups is 1. The summed E-state index contributed by atoms with van der Waals surface area (Å²) in [6.07, 6.45) is 2.31. The molecule has 1 saturated carbocycles. The van der Waals surface area contributed by atoms with E-state index < -0.39 is 9.84 Å². The molecule has 0 spiro atoms. The molecule has 27 heavy (non-hydrogen) atoms. The van der Waals surface area contributed by atoms with Gasteiger partial charge in [0.2, 0.25) is 0 Å². The van der Waals surface area contributed by atoms with E-state index in [0.717, 1.165) is 12.8 Å². The van der Waals surface area contributed by atoms with Crippen LogP contribution in [0.2, 0.25) is 0 Å². The van der Waals surface area contributed by atoms with Gasteiger partial charge >= 0.3 is 0 Å². The Morgan fingerprint density at radius 2 is 1.59 bits per heavy atom. The van der Waals surface area contributed by atoms with Gasteiger partial charge in [-0.05, 0) is 54.3 Å². The highest BCUT2D eigenvalue weighted by Crippen LogP contribution is 2.35. The quantitative estimate of drug-likeness (QED) is 0.589. The Labute approximate surface area is 161 Å². The van der Waals surface area contributed by atoms with Crippen molar-refractivity contribution in [3.8, 4) is 0 Å². The summed E-state index contributed by atoms with van der Waals surface area (Å²) < 4.78 is 25.4. The lowest BCUT2D eigenvalue weighted by Gasteiger charge is -2.29. The van der Waals surface area contributed by atoms with Crippen LogP contribution in [0.5, 0.6) is 0 Å². The van der Waals surface area contributed by atoms with Gasteiger partial charge in [-0.1, -0.05) is 54.6 Å². The lowest BCUT2D eigenvalue weighted by molar-refractivity contribution is 0.212. The van der Waals surface area contributed by atoms with E-state index in [1.165, 1.54) is 16.3 Å². The number of hydrogen-bond acceptors (Lipinski definition) is 3. The van der Waals surface area contributed by atoms with Crippen LogP contribution in [-0.2, 0) is 9.84 Å². The summed E-state index contributed by atoms with van der Waals surface area (Å²) in [7, 11) is -3.25. The Bertz CT molecular complexity index is 1030. The van der Waals surface area contributed by atoms with E-state index in [4.69, 9.17) is 0 Å². The molecule has 0 saturated heterocycles. The van der Waals surface area contributed by atoms with Crippen LogP contribution in [0, 0.1) is 0 Å². The summed E-state index contributed by atoms with van der Waals surface area (Å²) in [5.74, 6) is 0.158. The second kappa shape index (κ2) is 7.45. The highest BCUT2D eigenvalue weighted by atomic mass is 32.2. The fourth-order valence-electron chi connectivity index (χ4n) is 3.73. The first-order chi connectivity index (χ1) is 13.0. The minimum Gasteiger partial charge on any atom is -0.293 e. The number of hydrogen-bond donors (Lipinski definition) is 0. The summed E-state index contributed by atoms with van der Waals surface area (Å²) in [6.45, 7) is 2.76. The summed E-state index contributed by atoms with van der Waals surface area (Å²) in [4.78, 5) is 2.78. The first kappa shape index (κ1) is 18.2. The predicted octanol–water partition coefficient (Wildman–Crippen LogP) is 4.84. The number of fused-ring (bicyclic) bond motifs is 1. The molecule has 3 aromatic rings. The lowest BCUT2D eigenvalue weighted by Crippen LogP contribution is -2.33. The highest BCUT2D eigenvalue weighted by Gasteiger charge is 2.33. The molecule has 4 rings (SSSR count). The maximum Gasteiger partial charge on any atom is 0.179 e. The maximum atomic E-state index is 12.7. The average molecular weight is 380 g/mol. The molecule has 1 aliphatic rings. The van der Waals surface area contributed by atoms with E-state index in [1.54, 1.807) is 24.3 Å². The molecule has 0 aliphatic heterocycles. The van der Waals surface area contributed by atoms with Crippen molar-refractivity contribution in [1.82, 2.24) is 4.90 Å². The molecule has 0 aromatic heterocycles. The largest absolute Gasteiger partial charge is 0.293 e. The van der Waals surface area contributed by atoms with Crippen LogP contribution in [0.3, 0.4) is 0 Å². The molecule has 4 heteroatoms. The third-order valence-corrected chi connectivity index (χ3v) is 7.20. The summed E-state index contributed by atoms with van der Waals surface area (Å²) in [5.41, 5.74) is 1.25. The Kier molecular flexibility index (Phi) is 5.02. The van der Waals surface area contributed by atoms with Crippen molar-refractivity contribution in [2.45, 2.75) is 36.7 Å². The van der Waals surface area contributed by atoms with Crippen LogP contribution in [-0.4, -0.2) is 31.7 Å². The standard InChI is InChI=1S/C23H25NO2S/c1-18(20-12-11-19-7-5-6-8-21(19)17-20)24(22-13-14-22)15-16-27(25,26)23-9-3-2-4-10-23/h2-12,17-18,22H,13-16H2,1H3. The van der Waals surface area contributed by atoms with Gasteiger partial charge < -0.3 is 0 Å². The van der Waals surface area contributed by atoms with Gasteiger partial charge in [0.25, 0.3) is 0 Å². The fourth-order valence-corrected chi connectivity index (χ4v) is 4.99. The van der Waals surface area contributed by atoms with E-state index in [1.807, 2.05) is 6.07 Å². The zero-order valence-electron chi connectivity index (χ0n) is 15.6. The zero-order chi connectivity index (χ0) is 18.9. The average Bonchev–Trinajstić information content (AvgIpc) is 3.53. The van der Waals surface area contributed by atoms with Crippen molar-refractivity contribution in [3.63, 3.8) is 0 Å². The Morgan fingerprint density at radius 1 is 0.926 bits per heavy atom. The van der Waals surface area contributed by atoms with Crippen LogP contribution in [0.4, 0.5) is 0 Å². The lowest BCUT2D eigenvalue weighted by atomic mass is 10.0. The first-order valence-corrected chi connectivity index (χ1v) is 11.2. The van der Waals surface area contributed by atoms with Crippen LogP contribution in [0.25, 0.3) is 10.8 Å². The van der Waals surface area contributed by atoms with Gasteiger partial charge in [-0.15, -0.1) is 0 Å². The second-order valence-corrected chi connectivity index (χ2v) is 9.49. The maximum absolute atomic E-state index is 12.7. The zero-order valence-corrected chi connectivity index (χ0v) is 16.4. The Hall–Kier alpha value is -2.17. The number of benzene rings is 3. The first-order valence-electron chi connectivity index (χ1n) is 9.57. The third kappa shape index (κ3) is 4.07. The predicted molar refractivity (Wildman–Crippen MR) is 111 cm³/mol. The summed E-state index contributed by atoms with van der Waals surface area (Å²) in [6, 6.07) is 24.4. The Balaban J connectivity index is 1.53. The Morgan fingerprint density at radius 3 is 2.30 bits per heavy atom. The highest BCUT2D eigenvalue weighted by molar-refractivity contribution is 7.91. The van der Waals surface area contributed by atoms with Crippen molar-refractivity contribution < 1.29 is 8.42 Å². The molecule has 3 nitrogen and oxygen atoms in total. The minimum absolute atomic E-state index is 0.158. The van der Waals surface area contributed by atoms with Gasteiger partial charge in [0.1, 0.15) is 0 Å². The number of rotatable bonds is 7. The topological polar surface area (TPSA) is 37.4 Å². The molecule has 0 bridgehead atoms. The van der Waals surface area contributed by atoms with Crippen molar-refractivity contribution in [1.29, 1.82) is 0 Å².